The predicted molar refractivity (Wildman–Crippen MR) is 65.7 cm³/mol. The van der Waals surface area contributed by atoms with E-state index >= 15 is 0 Å². The van der Waals surface area contributed by atoms with Crippen molar-refractivity contribution in [2.24, 2.45) is 0 Å². The molecule has 0 unspecified atom stereocenters. The summed E-state index contributed by atoms with van der Waals surface area (Å²) in [5.41, 5.74) is 1.52. The van der Waals surface area contributed by atoms with Gasteiger partial charge in [-0.25, -0.2) is 0 Å². The molecule has 0 aliphatic carbocycles. The minimum Gasteiger partial charge on any atom is -0.189 e. The van der Waals surface area contributed by atoms with Crippen molar-refractivity contribution >= 4 is 10.2 Å². The first-order chi connectivity index (χ1) is 8.01. The summed E-state index contributed by atoms with van der Waals surface area (Å²) in [5.74, 6) is 0. The van der Waals surface area contributed by atoms with Crippen LogP contribution in [0.25, 0.3) is 11.3 Å². The topological polar surface area (TPSA) is 55.2 Å². The predicted octanol–water partition coefficient (Wildman–Crippen LogP) is 1.20. The molecule has 2 rings (SSSR count). The normalized spacial score (nSPS) is 11.9. The highest BCUT2D eigenvalue weighted by Crippen LogP contribution is 2.16. The van der Waals surface area contributed by atoms with E-state index in [1.54, 1.807) is 6.07 Å². The molecule has 0 saturated heterocycles. The molecule has 6 heteroatoms. The summed E-state index contributed by atoms with van der Waals surface area (Å²) >= 11 is 0. The molecule has 5 nitrogen and oxygen atoms in total. The number of hydrogen-bond donors (Lipinski definition) is 0. The summed E-state index contributed by atoms with van der Waals surface area (Å²) in [6.07, 6.45) is 1.44. The van der Waals surface area contributed by atoms with Gasteiger partial charge >= 0.3 is 10.2 Å². The first-order valence-corrected chi connectivity index (χ1v) is 6.45. The number of hydrogen-bond acceptors (Lipinski definition) is 3. The largest absolute Gasteiger partial charge is 0.322 e. The molecule has 0 atom stereocenters. The van der Waals surface area contributed by atoms with Crippen LogP contribution in [-0.2, 0) is 10.2 Å². The van der Waals surface area contributed by atoms with E-state index < -0.39 is 10.2 Å². The summed E-state index contributed by atoms with van der Waals surface area (Å²) in [6.45, 7) is 0. The van der Waals surface area contributed by atoms with Crippen LogP contribution < -0.4 is 0 Å². The number of aromatic nitrogens is 2. The SMILES string of the molecule is CN(C)S(=O)(=O)n1ccc(-c2ccccc2)n1. The van der Waals surface area contributed by atoms with E-state index in [4.69, 9.17) is 0 Å². The van der Waals surface area contributed by atoms with E-state index in [1.807, 2.05) is 30.3 Å². The Morgan fingerprint density at radius 2 is 1.76 bits per heavy atom. The second kappa shape index (κ2) is 4.31. The van der Waals surface area contributed by atoms with Gasteiger partial charge in [-0.1, -0.05) is 30.3 Å². The number of benzene rings is 1. The van der Waals surface area contributed by atoms with E-state index in [0.29, 0.717) is 5.69 Å². The molecule has 1 heterocycles. The average molecular weight is 251 g/mol. The third kappa shape index (κ3) is 2.22. The fourth-order valence-electron chi connectivity index (χ4n) is 1.37. The zero-order valence-corrected chi connectivity index (χ0v) is 10.4. The molecule has 90 valence electrons. The first kappa shape index (κ1) is 11.8. The fraction of sp³-hybridized carbons (Fsp3) is 0.182. The number of nitrogens with zero attached hydrogens (tertiary/aromatic N) is 3. The van der Waals surface area contributed by atoms with Crippen LogP contribution in [0, 0.1) is 0 Å². The molecule has 0 saturated carbocycles. The zero-order valence-electron chi connectivity index (χ0n) is 9.61. The number of rotatable bonds is 3. The molecule has 0 radical (unpaired) electrons. The lowest BCUT2D eigenvalue weighted by Gasteiger charge is -2.10. The van der Waals surface area contributed by atoms with E-state index in [2.05, 4.69) is 5.10 Å². The summed E-state index contributed by atoms with van der Waals surface area (Å²) in [6, 6.07) is 11.1. The van der Waals surface area contributed by atoms with Crippen molar-refractivity contribution in [3.05, 3.63) is 42.6 Å². The van der Waals surface area contributed by atoms with Crippen LogP contribution in [0.3, 0.4) is 0 Å². The molecule has 17 heavy (non-hydrogen) atoms. The van der Waals surface area contributed by atoms with Gasteiger partial charge in [-0.3, -0.25) is 0 Å². The van der Waals surface area contributed by atoms with Gasteiger partial charge in [0.1, 0.15) is 0 Å². The van der Waals surface area contributed by atoms with Gasteiger partial charge in [-0.15, -0.1) is 0 Å². The molecule has 0 N–H and O–H groups in total. The van der Waals surface area contributed by atoms with Crippen LogP contribution in [0.15, 0.2) is 42.6 Å². The van der Waals surface area contributed by atoms with E-state index in [1.165, 1.54) is 20.3 Å². The molecular weight excluding hydrogens is 238 g/mol. The third-order valence-corrected chi connectivity index (χ3v) is 3.93. The maximum Gasteiger partial charge on any atom is 0.322 e. The van der Waals surface area contributed by atoms with Crippen LogP contribution in [0.5, 0.6) is 0 Å². The van der Waals surface area contributed by atoms with Gasteiger partial charge in [-0.05, 0) is 6.07 Å². The van der Waals surface area contributed by atoms with Crippen molar-refractivity contribution in [1.82, 2.24) is 13.5 Å². The Labute approximate surface area is 100 Å². The van der Waals surface area contributed by atoms with Crippen LogP contribution in [-0.4, -0.2) is 36.0 Å². The van der Waals surface area contributed by atoms with Crippen molar-refractivity contribution in [2.75, 3.05) is 14.1 Å². The first-order valence-electron chi connectivity index (χ1n) is 5.06. The quantitative estimate of drug-likeness (QED) is 0.823. The molecule has 0 aliphatic rings. The van der Waals surface area contributed by atoms with Crippen molar-refractivity contribution in [3.63, 3.8) is 0 Å². The lowest BCUT2D eigenvalue weighted by molar-refractivity contribution is 0.504. The minimum atomic E-state index is -3.53. The Bertz CT molecular complexity index is 603. The van der Waals surface area contributed by atoms with Crippen LogP contribution >= 0.6 is 0 Å². The summed E-state index contributed by atoms with van der Waals surface area (Å²) < 4.78 is 25.7. The van der Waals surface area contributed by atoms with Crippen LogP contribution in [0.4, 0.5) is 0 Å². The molecule has 1 aromatic heterocycles. The van der Waals surface area contributed by atoms with Crippen molar-refractivity contribution in [3.8, 4) is 11.3 Å². The summed E-state index contributed by atoms with van der Waals surface area (Å²) in [4.78, 5) is 0. The molecular formula is C11H13N3O2S. The Balaban J connectivity index is 2.42. The van der Waals surface area contributed by atoms with Gasteiger partial charge in [0.25, 0.3) is 0 Å². The van der Waals surface area contributed by atoms with E-state index in [-0.39, 0.29) is 0 Å². The molecule has 0 spiro atoms. The lowest BCUT2D eigenvalue weighted by atomic mass is 10.2. The monoisotopic (exact) mass is 251 g/mol. The molecule has 0 amide bonds. The molecule has 0 bridgehead atoms. The van der Waals surface area contributed by atoms with Gasteiger partial charge in [0, 0.05) is 25.9 Å². The smallest absolute Gasteiger partial charge is 0.189 e. The van der Waals surface area contributed by atoms with Crippen molar-refractivity contribution in [1.29, 1.82) is 0 Å². The Hall–Kier alpha value is -1.66. The fourth-order valence-corrected chi connectivity index (χ4v) is 2.11. The van der Waals surface area contributed by atoms with Gasteiger partial charge in [0.2, 0.25) is 0 Å². The Morgan fingerprint density at radius 3 is 2.35 bits per heavy atom. The second-order valence-corrected chi connectivity index (χ2v) is 5.73. The maximum atomic E-state index is 11.8. The van der Waals surface area contributed by atoms with Crippen LogP contribution in [0.1, 0.15) is 0 Å². The standard InChI is InChI=1S/C11H13N3O2S/c1-13(2)17(15,16)14-9-8-11(12-14)10-6-4-3-5-7-10/h3-9H,1-2H3. The van der Waals surface area contributed by atoms with Gasteiger partial charge < -0.3 is 0 Å². The molecule has 0 fully saturated rings. The molecule has 1 aromatic carbocycles. The second-order valence-electron chi connectivity index (χ2n) is 3.73. The average Bonchev–Trinajstić information content (AvgIpc) is 2.80. The zero-order chi connectivity index (χ0) is 12.5. The molecule has 0 aliphatic heterocycles. The summed E-state index contributed by atoms with van der Waals surface area (Å²) in [7, 11) is -0.582. The third-order valence-electron chi connectivity index (χ3n) is 2.33. The van der Waals surface area contributed by atoms with Gasteiger partial charge in [0.05, 0.1) is 5.69 Å². The molecule has 2 aromatic rings. The van der Waals surface area contributed by atoms with Gasteiger partial charge in [-0.2, -0.15) is 21.9 Å². The van der Waals surface area contributed by atoms with Crippen LogP contribution in [0.2, 0.25) is 0 Å². The van der Waals surface area contributed by atoms with E-state index in [0.717, 1.165) is 14.0 Å². The minimum absolute atomic E-state index is 0.635. The van der Waals surface area contributed by atoms with Crippen molar-refractivity contribution < 1.29 is 8.42 Å². The van der Waals surface area contributed by atoms with Gasteiger partial charge in [0.15, 0.2) is 0 Å². The highest BCUT2D eigenvalue weighted by Gasteiger charge is 2.17. The van der Waals surface area contributed by atoms with E-state index in [9.17, 15) is 8.42 Å². The summed E-state index contributed by atoms with van der Waals surface area (Å²) in [5, 5.41) is 4.06. The van der Waals surface area contributed by atoms with Crippen molar-refractivity contribution in [2.45, 2.75) is 0 Å². The Kier molecular flexibility index (Phi) is 2.99. The lowest BCUT2D eigenvalue weighted by Crippen LogP contribution is -2.29. The Morgan fingerprint density at radius 1 is 1.12 bits per heavy atom. The maximum absolute atomic E-state index is 11.8. The highest BCUT2D eigenvalue weighted by molar-refractivity contribution is 7.87. The highest BCUT2D eigenvalue weighted by atomic mass is 32.2.